The van der Waals surface area contributed by atoms with Gasteiger partial charge in [0.05, 0.1) is 31.9 Å². The topological polar surface area (TPSA) is 111 Å². The Morgan fingerprint density at radius 2 is 1.76 bits per heavy atom. The molecule has 234 valence electrons. The molecule has 2 heterocycles. The molecule has 1 saturated heterocycles. The van der Waals surface area contributed by atoms with Gasteiger partial charge in [-0.1, -0.05) is 66.2 Å². The van der Waals surface area contributed by atoms with Gasteiger partial charge in [0, 0.05) is 16.3 Å². The van der Waals surface area contributed by atoms with Crippen LogP contribution in [0, 0.1) is 0 Å². The maximum Gasteiger partial charge on any atom is 0.301 e. The van der Waals surface area contributed by atoms with E-state index in [1.165, 1.54) is 35.1 Å². The normalized spacial score (nSPS) is 15.8. The summed E-state index contributed by atoms with van der Waals surface area (Å²) in [7, 11) is 1.54. The van der Waals surface area contributed by atoms with E-state index in [1.807, 2.05) is 31.2 Å². The Bertz CT molecular complexity index is 1690. The summed E-state index contributed by atoms with van der Waals surface area (Å²) >= 11 is 8.66. The second-order valence-electron chi connectivity index (χ2n) is 10.0. The molecule has 0 radical (unpaired) electrons. The van der Waals surface area contributed by atoms with Crippen LogP contribution in [0.1, 0.15) is 49.4 Å². The van der Waals surface area contributed by atoms with Crippen LogP contribution in [0.25, 0.3) is 5.76 Å². The molecule has 1 amide bonds. The van der Waals surface area contributed by atoms with E-state index in [2.05, 4.69) is 17.1 Å². The van der Waals surface area contributed by atoms with Crippen molar-refractivity contribution in [1.82, 2.24) is 10.2 Å². The Labute approximate surface area is 274 Å². The first-order valence-corrected chi connectivity index (χ1v) is 16.6. The molecule has 1 aliphatic rings. The van der Waals surface area contributed by atoms with Crippen molar-refractivity contribution in [2.24, 2.45) is 0 Å². The van der Waals surface area contributed by atoms with Crippen LogP contribution < -0.4 is 19.1 Å². The number of benzene rings is 3. The number of hydrogen-bond donors (Lipinski definition) is 1. The van der Waals surface area contributed by atoms with Crippen molar-refractivity contribution < 1.29 is 28.9 Å². The van der Waals surface area contributed by atoms with Gasteiger partial charge >= 0.3 is 5.91 Å². The lowest BCUT2D eigenvalue weighted by atomic mass is 9.95. The van der Waals surface area contributed by atoms with E-state index < -0.39 is 17.7 Å². The van der Waals surface area contributed by atoms with E-state index in [-0.39, 0.29) is 16.5 Å². The number of ketones is 1. The number of hydrogen-bond acceptors (Lipinski definition) is 10. The fourth-order valence-electron chi connectivity index (χ4n) is 4.74. The van der Waals surface area contributed by atoms with Gasteiger partial charge in [-0.2, -0.15) is 0 Å². The zero-order valence-electron chi connectivity index (χ0n) is 25.0. The lowest BCUT2D eigenvalue weighted by Crippen LogP contribution is -2.29. The highest BCUT2D eigenvalue weighted by molar-refractivity contribution is 8.00. The van der Waals surface area contributed by atoms with Crippen molar-refractivity contribution in [3.63, 3.8) is 0 Å². The fraction of sp³-hybridized carbons (Fsp3) is 0.273. The largest absolute Gasteiger partial charge is 0.507 e. The molecule has 0 spiro atoms. The number of anilines is 1. The van der Waals surface area contributed by atoms with Crippen molar-refractivity contribution in [2.45, 2.75) is 42.8 Å². The highest BCUT2D eigenvalue weighted by Crippen LogP contribution is 2.45. The molecule has 0 saturated carbocycles. The van der Waals surface area contributed by atoms with E-state index >= 15 is 0 Å². The molecule has 5 rings (SSSR count). The predicted octanol–water partition coefficient (Wildman–Crippen LogP) is 7.70. The molecule has 1 atom stereocenters. The minimum atomic E-state index is -1.00. The summed E-state index contributed by atoms with van der Waals surface area (Å²) in [4.78, 5) is 28.6. The smallest absolute Gasteiger partial charge is 0.301 e. The average molecular weight is 666 g/mol. The Hall–Kier alpha value is -4.06. The van der Waals surface area contributed by atoms with Crippen molar-refractivity contribution in [3.8, 4) is 17.2 Å². The van der Waals surface area contributed by atoms with Crippen LogP contribution in [-0.4, -0.2) is 47.3 Å². The average Bonchev–Trinajstić information content (AvgIpc) is 3.63. The van der Waals surface area contributed by atoms with E-state index in [4.69, 9.17) is 25.8 Å². The molecule has 1 unspecified atom stereocenters. The van der Waals surface area contributed by atoms with Gasteiger partial charge in [0.15, 0.2) is 15.8 Å². The molecule has 1 fully saturated rings. The van der Waals surface area contributed by atoms with Gasteiger partial charge < -0.3 is 19.3 Å². The Balaban J connectivity index is 1.56. The molecule has 4 aromatic rings. The summed E-state index contributed by atoms with van der Waals surface area (Å²) in [6.07, 6.45) is 1.86. The van der Waals surface area contributed by atoms with Crippen LogP contribution in [0.3, 0.4) is 0 Å². The van der Waals surface area contributed by atoms with Crippen LogP contribution >= 0.6 is 34.7 Å². The molecule has 45 heavy (non-hydrogen) atoms. The standard InChI is InChI=1S/C33H32ClN3O6S2/c1-4-6-17-43-25-16-11-22(18-26(25)42-5-2)28-27(29(38)21-9-14-24(41-3)15-10-21)30(39)31(40)37(28)32-35-36-33(45-32)44-19-20-7-12-23(34)13-8-20/h7-16,18,28,38H,4-6,17,19H2,1-3H3. The number of carbonyl (C=O) groups is 2. The fourth-order valence-corrected chi connectivity index (χ4v) is 6.69. The first kappa shape index (κ1) is 32.3. The van der Waals surface area contributed by atoms with E-state index in [9.17, 15) is 14.7 Å². The van der Waals surface area contributed by atoms with Gasteiger partial charge in [-0.05, 0) is 73.0 Å². The quantitative estimate of drug-likeness (QED) is 0.0383. The third kappa shape index (κ3) is 7.27. The summed E-state index contributed by atoms with van der Waals surface area (Å²) < 4.78 is 17.7. The van der Waals surface area contributed by atoms with Gasteiger partial charge in [0.25, 0.3) is 5.78 Å². The van der Waals surface area contributed by atoms with Gasteiger partial charge in [0.2, 0.25) is 5.13 Å². The first-order chi connectivity index (χ1) is 21.8. The van der Waals surface area contributed by atoms with Crippen molar-refractivity contribution >= 4 is 57.3 Å². The van der Waals surface area contributed by atoms with Crippen molar-refractivity contribution in [2.75, 3.05) is 25.2 Å². The molecule has 0 bridgehead atoms. The lowest BCUT2D eigenvalue weighted by Gasteiger charge is -2.23. The second-order valence-corrected chi connectivity index (χ2v) is 12.6. The molecule has 1 aliphatic heterocycles. The molecule has 12 heteroatoms. The van der Waals surface area contributed by atoms with Crippen LogP contribution in [0.15, 0.2) is 76.6 Å². The van der Waals surface area contributed by atoms with Gasteiger partial charge in [-0.15, -0.1) is 10.2 Å². The predicted molar refractivity (Wildman–Crippen MR) is 177 cm³/mol. The van der Waals surface area contributed by atoms with Crippen molar-refractivity contribution in [1.29, 1.82) is 0 Å². The van der Waals surface area contributed by atoms with Gasteiger partial charge in [-0.3, -0.25) is 14.5 Å². The number of thioether (sulfide) groups is 1. The van der Waals surface area contributed by atoms with Crippen LogP contribution in [0.5, 0.6) is 17.2 Å². The number of aliphatic hydroxyl groups excluding tert-OH is 1. The third-order valence-corrected chi connectivity index (χ3v) is 9.40. The van der Waals surface area contributed by atoms with E-state index in [0.717, 1.165) is 18.4 Å². The summed E-state index contributed by atoms with van der Waals surface area (Å²) in [5, 5.41) is 21.0. The van der Waals surface area contributed by atoms with E-state index in [1.54, 1.807) is 42.5 Å². The number of aliphatic hydroxyl groups is 1. The van der Waals surface area contributed by atoms with Crippen LogP contribution in [0.2, 0.25) is 5.02 Å². The Kier molecular flexibility index (Phi) is 10.6. The number of rotatable bonds is 13. The van der Waals surface area contributed by atoms with Crippen LogP contribution in [-0.2, 0) is 15.3 Å². The number of aromatic nitrogens is 2. The molecule has 1 aromatic heterocycles. The lowest BCUT2D eigenvalue weighted by molar-refractivity contribution is -0.132. The highest BCUT2D eigenvalue weighted by atomic mass is 35.5. The summed E-state index contributed by atoms with van der Waals surface area (Å²) in [5.41, 5.74) is 1.88. The molecule has 9 nitrogen and oxygen atoms in total. The summed E-state index contributed by atoms with van der Waals surface area (Å²) in [6.45, 7) is 4.84. The number of carbonyl (C=O) groups excluding carboxylic acids is 2. The number of nitrogens with zero attached hydrogens (tertiary/aromatic N) is 3. The molecule has 1 N–H and O–H groups in total. The zero-order chi connectivity index (χ0) is 31.9. The minimum Gasteiger partial charge on any atom is -0.507 e. The molecule has 0 aliphatic carbocycles. The van der Waals surface area contributed by atoms with Gasteiger partial charge in [0.1, 0.15) is 11.5 Å². The second kappa shape index (κ2) is 14.8. The Morgan fingerprint density at radius 1 is 1.00 bits per heavy atom. The highest BCUT2D eigenvalue weighted by Gasteiger charge is 2.48. The summed E-state index contributed by atoms with van der Waals surface area (Å²) in [5.74, 6) is 0.257. The monoisotopic (exact) mass is 665 g/mol. The number of methoxy groups -OCH3 is 1. The number of ether oxygens (including phenoxy) is 3. The van der Waals surface area contributed by atoms with Crippen molar-refractivity contribution in [3.05, 3.63) is 94.0 Å². The zero-order valence-corrected chi connectivity index (χ0v) is 27.4. The van der Waals surface area contributed by atoms with Gasteiger partial charge in [-0.25, -0.2) is 0 Å². The summed E-state index contributed by atoms with van der Waals surface area (Å²) in [6, 6.07) is 18.4. The maximum absolute atomic E-state index is 13.7. The third-order valence-electron chi connectivity index (χ3n) is 7.02. The van der Waals surface area contributed by atoms with Crippen LogP contribution in [0.4, 0.5) is 5.13 Å². The Morgan fingerprint density at radius 3 is 2.44 bits per heavy atom. The number of amides is 1. The number of Topliss-reactive ketones (excluding diaryl/α,β-unsaturated/α-hetero) is 1. The maximum atomic E-state index is 13.7. The van der Waals surface area contributed by atoms with E-state index in [0.29, 0.717) is 56.7 Å². The minimum absolute atomic E-state index is 0.0715. The number of halogens is 1. The first-order valence-electron chi connectivity index (χ1n) is 14.4. The molecular formula is C33H32ClN3O6S2. The molecular weight excluding hydrogens is 634 g/mol. The number of unbranched alkanes of at least 4 members (excludes halogenated alkanes) is 1. The SMILES string of the molecule is CCCCOc1ccc(C2C(=C(O)c3ccc(OC)cc3)C(=O)C(=O)N2c2nnc(SCc3ccc(Cl)cc3)s2)cc1OCC. The molecule has 3 aromatic carbocycles.